The Morgan fingerprint density at radius 1 is 1.23 bits per heavy atom. The van der Waals surface area contributed by atoms with Crippen molar-refractivity contribution in [2.75, 3.05) is 5.73 Å². The van der Waals surface area contributed by atoms with Crippen molar-refractivity contribution >= 4 is 28.3 Å². The van der Waals surface area contributed by atoms with E-state index in [9.17, 15) is 0 Å². The molecule has 22 heavy (non-hydrogen) atoms. The molecule has 0 aromatic heterocycles. The van der Waals surface area contributed by atoms with Crippen LogP contribution in [0.15, 0.2) is 47.6 Å². The number of hydrogen-bond acceptors (Lipinski definition) is 2. The topological polar surface area (TPSA) is 26.0 Å². The van der Waals surface area contributed by atoms with Gasteiger partial charge >= 0.3 is 0 Å². The van der Waals surface area contributed by atoms with Crippen LogP contribution < -0.4 is 5.73 Å². The molecule has 1 unspecified atom stereocenters. The van der Waals surface area contributed by atoms with Gasteiger partial charge in [0.15, 0.2) is 0 Å². The minimum atomic E-state index is 0.218. The fourth-order valence-corrected chi connectivity index (χ4v) is 2.60. The zero-order valence-electron chi connectivity index (χ0n) is 14.6. The van der Waals surface area contributed by atoms with E-state index < -0.39 is 0 Å². The van der Waals surface area contributed by atoms with Crippen LogP contribution >= 0.6 is 12.2 Å². The van der Waals surface area contributed by atoms with Gasteiger partial charge in [-0.3, -0.25) is 0 Å². The molecule has 0 aliphatic carbocycles. The molecular weight excluding hydrogens is 286 g/mol. The van der Waals surface area contributed by atoms with Gasteiger partial charge in [-0.05, 0) is 73.9 Å². The van der Waals surface area contributed by atoms with Gasteiger partial charge in [0.1, 0.15) is 0 Å². The highest BCUT2D eigenvalue weighted by atomic mass is 32.1. The van der Waals surface area contributed by atoms with Gasteiger partial charge in [-0.25, -0.2) is 0 Å². The monoisotopic (exact) mass is 313 g/mol. The van der Waals surface area contributed by atoms with Crippen molar-refractivity contribution in [1.82, 2.24) is 0 Å². The maximum Gasteiger partial charge on any atom is 0.0317 e. The fraction of sp³-hybridized carbons (Fsp3) is 0.350. The minimum absolute atomic E-state index is 0.218. The van der Waals surface area contributed by atoms with E-state index in [4.69, 9.17) is 18.0 Å². The lowest BCUT2D eigenvalue weighted by molar-refractivity contribution is 0.935. The molecule has 0 spiro atoms. The van der Waals surface area contributed by atoms with Crippen LogP contribution in [0.1, 0.15) is 45.7 Å². The largest absolute Gasteiger partial charge is 0.399 e. The van der Waals surface area contributed by atoms with Gasteiger partial charge in [-0.2, -0.15) is 0 Å². The van der Waals surface area contributed by atoms with Gasteiger partial charge in [-0.1, -0.05) is 49.0 Å². The van der Waals surface area contributed by atoms with E-state index in [2.05, 4.69) is 46.4 Å². The quantitative estimate of drug-likeness (QED) is 0.416. The van der Waals surface area contributed by atoms with Crippen LogP contribution in [-0.2, 0) is 0 Å². The molecular formula is C20H27NS. The van der Waals surface area contributed by atoms with Crippen LogP contribution in [0.4, 0.5) is 5.69 Å². The second-order valence-corrected chi connectivity index (χ2v) is 6.84. The first kappa shape index (κ1) is 18.4. The van der Waals surface area contributed by atoms with Crippen LogP contribution in [0.25, 0.3) is 5.57 Å². The Bertz CT molecular complexity index is 658. The molecule has 2 heteroatoms. The van der Waals surface area contributed by atoms with Crippen molar-refractivity contribution < 1.29 is 0 Å². The Morgan fingerprint density at radius 3 is 2.23 bits per heavy atom. The second kappa shape index (κ2) is 7.55. The molecule has 1 aromatic carbocycles. The molecule has 1 rings (SSSR count). The normalized spacial score (nSPS) is 12.7. The summed E-state index contributed by atoms with van der Waals surface area (Å²) in [6.07, 6.45) is 2.23. The first-order valence-corrected chi connectivity index (χ1v) is 7.97. The van der Waals surface area contributed by atoms with Crippen molar-refractivity contribution in [2.24, 2.45) is 5.92 Å². The molecule has 0 amide bonds. The molecule has 1 aromatic rings. The lowest BCUT2D eigenvalue weighted by Gasteiger charge is -2.18. The number of allylic oxidation sites excluding steroid dienone is 5. The van der Waals surface area contributed by atoms with Crippen LogP contribution in [-0.4, -0.2) is 4.86 Å². The maximum atomic E-state index is 5.88. The van der Waals surface area contributed by atoms with Crippen molar-refractivity contribution in [3.63, 3.8) is 0 Å². The lowest BCUT2D eigenvalue weighted by atomic mass is 9.87. The molecule has 0 aliphatic rings. The molecule has 0 aliphatic heterocycles. The molecule has 1 nitrogen and oxygen atoms in total. The average Bonchev–Trinajstić information content (AvgIpc) is 2.39. The first-order chi connectivity index (χ1) is 10.1. The Kier molecular flexibility index (Phi) is 6.31. The first-order valence-electron chi connectivity index (χ1n) is 7.57. The zero-order chi connectivity index (χ0) is 17.0. The summed E-state index contributed by atoms with van der Waals surface area (Å²) in [4.78, 5) is 0.983. The highest BCUT2D eigenvalue weighted by Gasteiger charge is 2.14. The van der Waals surface area contributed by atoms with Gasteiger partial charge in [-0.15, -0.1) is 0 Å². The molecule has 0 saturated heterocycles. The number of benzene rings is 1. The molecule has 0 fully saturated rings. The van der Waals surface area contributed by atoms with Crippen LogP contribution in [0.2, 0.25) is 0 Å². The number of aryl methyl sites for hydroxylation is 1. The van der Waals surface area contributed by atoms with Crippen LogP contribution in [0, 0.1) is 12.8 Å². The highest BCUT2D eigenvalue weighted by molar-refractivity contribution is 7.80. The summed E-state index contributed by atoms with van der Waals surface area (Å²) in [5, 5.41) is 0. The van der Waals surface area contributed by atoms with Crippen molar-refractivity contribution in [1.29, 1.82) is 0 Å². The summed E-state index contributed by atoms with van der Waals surface area (Å²) < 4.78 is 0. The second-order valence-electron chi connectivity index (χ2n) is 6.20. The lowest BCUT2D eigenvalue weighted by Crippen LogP contribution is -2.09. The standard InChI is InChI=1S/C20H27NS/c1-12(2)19(15(6)16(7)22)11-20(13(3)4)18-9-8-17(21)10-14(18)5/h8-11,15H,1,21H2,2-7H3/b19-11-. The summed E-state index contributed by atoms with van der Waals surface area (Å²) in [5.41, 5.74) is 13.8. The molecule has 118 valence electrons. The third-order valence-electron chi connectivity index (χ3n) is 3.95. The van der Waals surface area contributed by atoms with E-state index in [1.807, 2.05) is 26.0 Å². The third-order valence-corrected chi connectivity index (χ3v) is 4.30. The number of anilines is 1. The molecule has 0 saturated carbocycles. The molecule has 1 atom stereocenters. The van der Waals surface area contributed by atoms with Crippen molar-refractivity contribution in [3.05, 3.63) is 58.7 Å². The number of rotatable bonds is 5. The third kappa shape index (κ3) is 4.41. The Hall–Kier alpha value is -1.67. The Morgan fingerprint density at radius 2 is 1.82 bits per heavy atom. The van der Waals surface area contributed by atoms with Gasteiger partial charge in [0, 0.05) is 11.6 Å². The summed E-state index contributed by atoms with van der Waals surface area (Å²) in [6, 6.07) is 6.06. The summed E-state index contributed by atoms with van der Waals surface area (Å²) in [6.45, 7) is 16.7. The van der Waals surface area contributed by atoms with E-state index in [0.717, 1.165) is 16.1 Å². The van der Waals surface area contributed by atoms with Gasteiger partial charge in [0.05, 0.1) is 0 Å². The minimum Gasteiger partial charge on any atom is -0.399 e. The molecule has 2 N–H and O–H groups in total. The van der Waals surface area contributed by atoms with Gasteiger partial charge < -0.3 is 5.73 Å². The van der Waals surface area contributed by atoms with E-state index >= 15 is 0 Å². The molecule has 0 bridgehead atoms. The Balaban J connectivity index is 3.50. The number of nitrogen functional groups attached to an aromatic ring is 1. The number of nitrogens with two attached hydrogens (primary N) is 1. The van der Waals surface area contributed by atoms with Crippen molar-refractivity contribution in [2.45, 2.75) is 41.5 Å². The summed E-state index contributed by atoms with van der Waals surface area (Å²) in [5.74, 6) is 0.218. The number of hydrogen-bond donors (Lipinski definition) is 1. The number of thiocarbonyl (C=S) groups is 1. The van der Waals surface area contributed by atoms with Crippen LogP contribution in [0.3, 0.4) is 0 Å². The maximum absolute atomic E-state index is 5.88. The predicted molar refractivity (Wildman–Crippen MR) is 104 cm³/mol. The highest BCUT2D eigenvalue weighted by Crippen LogP contribution is 2.30. The van der Waals surface area contributed by atoms with E-state index in [0.29, 0.717) is 0 Å². The van der Waals surface area contributed by atoms with Gasteiger partial charge in [0.25, 0.3) is 0 Å². The van der Waals surface area contributed by atoms with E-state index in [1.54, 1.807) is 0 Å². The summed E-state index contributed by atoms with van der Waals surface area (Å²) in [7, 11) is 0. The molecule has 0 heterocycles. The molecule has 0 radical (unpaired) electrons. The van der Waals surface area contributed by atoms with Gasteiger partial charge in [0.2, 0.25) is 0 Å². The van der Waals surface area contributed by atoms with E-state index in [1.165, 1.54) is 27.8 Å². The SMILES string of the molecule is C=C(C)/C(=C/C(=C(C)C)c1ccc(N)cc1C)C(C)C(C)=S. The van der Waals surface area contributed by atoms with Crippen molar-refractivity contribution in [3.8, 4) is 0 Å². The van der Waals surface area contributed by atoms with E-state index in [-0.39, 0.29) is 5.92 Å². The average molecular weight is 314 g/mol. The summed E-state index contributed by atoms with van der Waals surface area (Å²) >= 11 is 5.38. The predicted octanol–water partition coefficient (Wildman–Crippen LogP) is 5.90. The smallest absolute Gasteiger partial charge is 0.0317 e. The van der Waals surface area contributed by atoms with Crippen LogP contribution in [0.5, 0.6) is 0 Å². The zero-order valence-corrected chi connectivity index (χ0v) is 15.4. The fourth-order valence-electron chi connectivity index (χ4n) is 2.47. The Labute approximate surface area is 140 Å².